The first kappa shape index (κ1) is 16.7. The number of rotatable bonds is 7. The molecule has 1 aromatic heterocycles. The number of hydrogen-bond donors (Lipinski definition) is 2. The van der Waals surface area contributed by atoms with Crippen molar-refractivity contribution < 1.29 is 19.6 Å². The Hall–Kier alpha value is -2.66. The first-order chi connectivity index (χ1) is 11.1. The number of carbonyl (C=O) groups is 1. The van der Waals surface area contributed by atoms with Crippen LogP contribution in [0.25, 0.3) is 12.2 Å². The van der Waals surface area contributed by atoms with Crippen LogP contribution in [0.2, 0.25) is 0 Å². The van der Waals surface area contributed by atoms with Crippen molar-refractivity contribution in [2.24, 2.45) is 0 Å². The van der Waals surface area contributed by atoms with Crippen molar-refractivity contribution in [3.8, 4) is 0 Å². The third kappa shape index (κ3) is 5.23. The van der Waals surface area contributed by atoms with Gasteiger partial charge in [-0.3, -0.25) is 0 Å². The number of aliphatic hydroxyl groups excluding tert-OH is 1. The summed E-state index contributed by atoms with van der Waals surface area (Å²) in [4.78, 5) is 12.6. The molecule has 0 atom stereocenters. The topological polar surface area (TPSA) is 64.7 Å². The fourth-order valence-corrected chi connectivity index (χ4v) is 2.15. The number of aliphatic hydroxyl groups is 1. The van der Waals surface area contributed by atoms with E-state index in [1.54, 1.807) is 17.0 Å². The van der Waals surface area contributed by atoms with E-state index in [1.165, 1.54) is 0 Å². The highest BCUT2D eigenvalue weighted by atomic mass is 16.4. The second kappa shape index (κ2) is 8.10. The largest absolute Gasteiger partial charge is 0.477 e. The molecule has 0 bridgehead atoms. The van der Waals surface area contributed by atoms with Gasteiger partial charge in [0.25, 0.3) is 0 Å². The average Bonchev–Trinajstić information content (AvgIpc) is 2.54. The van der Waals surface area contributed by atoms with Crippen molar-refractivity contribution in [2.75, 3.05) is 25.1 Å². The molecule has 0 aliphatic rings. The van der Waals surface area contributed by atoms with E-state index in [-0.39, 0.29) is 13.2 Å². The second-order valence-electron chi connectivity index (χ2n) is 5.27. The molecular formula is C18H21N2O3+. The Morgan fingerprint density at radius 3 is 2.17 bits per heavy atom. The molecular weight excluding hydrogens is 292 g/mol. The lowest BCUT2D eigenvalue weighted by Crippen LogP contribution is -2.36. The van der Waals surface area contributed by atoms with Gasteiger partial charge < -0.3 is 15.1 Å². The standard InChI is InChI=1S/C18H20N2O3/c1-19(12-13-21)17-6-4-15(5-7-17)2-3-16-8-10-20(11-9-16)14-18(22)23/h2-11,21H,12-14H2,1H3/p+1. The van der Waals surface area contributed by atoms with Crippen LogP contribution in [-0.4, -0.2) is 36.4 Å². The zero-order chi connectivity index (χ0) is 16.7. The molecule has 2 rings (SSSR count). The third-order valence-electron chi connectivity index (χ3n) is 3.47. The minimum absolute atomic E-state index is 0.0349. The Labute approximate surface area is 135 Å². The highest BCUT2D eigenvalue weighted by Gasteiger charge is 2.05. The van der Waals surface area contributed by atoms with Crippen molar-refractivity contribution in [2.45, 2.75) is 6.54 Å². The highest BCUT2D eigenvalue weighted by Crippen LogP contribution is 2.15. The number of hydrogen-bond acceptors (Lipinski definition) is 3. The van der Waals surface area contributed by atoms with Crippen LogP contribution in [0.5, 0.6) is 0 Å². The lowest BCUT2D eigenvalue weighted by Gasteiger charge is -2.17. The van der Waals surface area contributed by atoms with Crippen molar-refractivity contribution in [1.29, 1.82) is 0 Å². The molecule has 0 spiro atoms. The maximum atomic E-state index is 10.6. The first-order valence-corrected chi connectivity index (χ1v) is 7.39. The van der Waals surface area contributed by atoms with Gasteiger partial charge >= 0.3 is 5.97 Å². The van der Waals surface area contributed by atoms with Crippen molar-refractivity contribution >= 4 is 23.8 Å². The van der Waals surface area contributed by atoms with E-state index in [2.05, 4.69) is 0 Å². The smallest absolute Gasteiger partial charge is 0.370 e. The van der Waals surface area contributed by atoms with Crippen LogP contribution < -0.4 is 9.47 Å². The van der Waals surface area contributed by atoms with Gasteiger partial charge in [0.1, 0.15) is 0 Å². The molecule has 5 nitrogen and oxygen atoms in total. The molecule has 0 saturated heterocycles. The van der Waals surface area contributed by atoms with Crippen molar-refractivity contribution in [1.82, 2.24) is 0 Å². The van der Waals surface area contributed by atoms with E-state index >= 15 is 0 Å². The molecule has 0 unspecified atom stereocenters. The van der Waals surface area contributed by atoms with Crippen LogP contribution in [0.1, 0.15) is 11.1 Å². The van der Waals surface area contributed by atoms with Gasteiger partial charge in [-0.1, -0.05) is 24.3 Å². The molecule has 2 N–H and O–H groups in total. The Balaban J connectivity index is 2.01. The van der Waals surface area contributed by atoms with Crippen molar-refractivity contribution in [3.05, 3.63) is 59.9 Å². The van der Waals surface area contributed by atoms with Crippen molar-refractivity contribution in [3.63, 3.8) is 0 Å². The van der Waals surface area contributed by atoms with E-state index in [0.29, 0.717) is 6.54 Å². The van der Waals surface area contributed by atoms with E-state index in [9.17, 15) is 4.79 Å². The summed E-state index contributed by atoms with van der Waals surface area (Å²) in [6, 6.07) is 11.8. The minimum atomic E-state index is -0.857. The summed E-state index contributed by atoms with van der Waals surface area (Å²) >= 11 is 0. The fraction of sp³-hybridized carbons (Fsp3) is 0.222. The predicted molar refractivity (Wildman–Crippen MR) is 90.0 cm³/mol. The lowest BCUT2D eigenvalue weighted by atomic mass is 10.1. The van der Waals surface area contributed by atoms with Gasteiger partial charge in [0.15, 0.2) is 12.4 Å². The van der Waals surface area contributed by atoms with Crippen LogP contribution in [0.3, 0.4) is 0 Å². The Kier molecular flexibility index (Phi) is 5.88. The fourth-order valence-electron chi connectivity index (χ4n) is 2.15. The molecule has 0 aliphatic carbocycles. The number of carboxylic acids is 1. The highest BCUT2D eigenvalue weighted by molar-refractivity contribution is 5.70. The van der Waals surface area contributed by atoms with E-state index in [0.717, 1.165) is 16.8 Å². The molecule has 0 radical (unpaired) electrons. The Morgan fingerprint density at radius 2 is 1.65 bits per heavy atom. The molecule has 120 valence electrons. The number of aromatic nitrogens is 1. The summed E-state index contributed by atoms with van der Waals surface area (Å²) in [5.74, 6) is -0.857. The van der Waals surface area contributed by atoms with E-state index in [4.69, 9.17) is 10.2 Å². The number of anilines is 1. The number of pyridine rings is 1. The zero-order valence-electron chi connectivity index (χ0n) is 13.1. The van der Waals surface area contributed by atoms with Gasteiger partial charge in [0.2, 0.25) is 6.54 Å². The van der Waals surface area contributed by atoms with Crippen LogP contribution in [0, 0.1) is 0 Å². The van der Waals surface area contributed by atoms with Gasteiger partial charge in [-0.15, -0.1) is 0 Å². The zero-order valence-corrected chi connectivity index (χ0v) is 13.1. The number of nitrogens with zero attached hydrogens (tertiary/aromatic N) is 2. The molecule has 5 heteroatoms. The van der Waals surface area contributed by atoms with Gasteiger partial charge in [0, 0.05) is 31.4 Å². The second-order valence-corrected chi connectivity index (χ2v) is 5.27. The quantitative estimate of drug-likeness (QED) is 0.763. The Morgan fingerprint density at radius 1 is 1.09 bits per heavy atom. The molecule has 1 aromatic carbocycles. The van der Waals surface area contributed by atoms with Crippen LogP contribution in [-0.2, 0) is 11.3 Å². The molecule has 1 heterocycles. The maximum absolute atomic E-state index is 10.6. The minimum Gasteiger partial charge on any atom is -0.477 e. The number of benzene rings is 1. The van der Waals surface area contributed by atoms with Crippen LogP contribution in [0.4, 0.5) is 5.69 Å². The summed E-state index contributed by atoms with van der Waals surface area (Å²) in [7, 11) is 1.94. The van der Waals surface area contributed by atoms with Gasteiger partial charge in [-0.2, -0.15) is 4.57 Å². The predicted octanol–water partition coefficient (Wildman–Crippen LogP) is 1.66. The molecule has 2 aromatic rings. The summed E-state index contributed by atoms with van der Waals surface area (Å²) in [6.07, 6.45) is 7.49. The molecule has 0 fully saturated rings. The summed E-state index contributed by atoms with van der Waals surface area (Å²) in [5, 5.41) is 17.7. The lowest BCUT2D eigenvalue weighted by molar-refractivity contribution is -0.685. The normalized spacial score (nSPS) is 10.9. The first-order valence-electron chi connectivity index (χ1n) is 7.39. The third-order valence-corrected chi connectivity index (χ3v) is 3.47. The van der Waals surface area contributed by atoms with Gasteiger partial charge in [0.05, 0.1) is 6.61 Å². The molecule has 0 amide bonds. The van der Waals surface area contributed by atoms with Crippen LogP contribution >= 0.6 is 0 Å². The maximum Gasteiger partial charge on any atom is 0.370 e. The van der Waals surface area contributed by atoms with Crippen LogP contribution in [0.15, 0.2) is 48.8 Å². The van der Waals surface area contributed by atoms with E-state index in [1.807, 2.05) is 60.5 Å². The molecule has 23 heavy (non-hydrogen) atoms. The Bertz CT molecular complexity index is 664. The molecule has 0 aliphatic heterocycles. The average molecular weight is 313 g/mol. The summed E-state index contributed by atoms with van der Waals surface area (Å²) in [5.41, 5.74) is 3.15. The molecule has 0 saturated carbocycles. The van der Waals surface area contributed by atoms with E-state index < -0.39 is 5.97 Å². The van der Waals surface area contributed by atoms with Gasteiger partial charge in [-0.05, 0) is 23.3 Å². The SMILES string of the molecule is CN(CCO)c1ccc(/C=C/c2cc[n+](CC(=O)O)cc2)cc1. The number of aliphatic carboxylic acids is 1. The summed E-state index contributed by atoms with van der Waals surface area (Å²) in [6.45, 7) is 0.705. The summed E-state index contributed by atoms with van der Waals surface area (Å²) < 4.78 is 1.62. The number of likely N-dealkylation sites (N-methyl/N-ethyl adjacent to an activating group) is 1. The number of carboxylic acid groups (broad SMARTS) is 1. The monoisotopic (exact) mass is 313 g/mol. The van der Waals surface area contributed by atoms with Gasteiger partial charge in [-0.25, -0.2) is 4.79 Å².